The van der Waals surface area contributed by atoms with Crippen LogP contribution in [0.4, 0.5) is 17.6 Å². The lowest BCUT2D eigenvalue weighted by Gasteiger charge is -2.14. The minimum Gasteiger partial charge on any atom is -0.255 e. The smallest absolute Gasteiger partial charge is 0.255 e. The molecule has 7 heteroatoms. The van der Waals surface area contributed by atoms with Gasteiger partial charge < -0.3 is 0 Å². The lowest BCUT2D eigenvalue weighted by molar-refractivity contribution is -0.137. The summed E-state index contributed by atoms with van der Waals surface area (Å²) in [6.45, 7) is 0. The van der Waals surface area contributed by atoms with E-state index in [0.717, 1.165) is 18.2 Å². The Labute approximate surface area is 140 Å². The summed E-state index contributed by atoms with van der Waals surface area (Å²) in [6.07, 6.45) is -3.31. The largest absolute Gasteiger partial charge is 0.417 e. The van der Waals surface area contributed by atoms with Gasteiger partial charge in [-0.1, -0.05) is 6.07 Å². The van der Waals surface area contributed by atoms with Gasteiger partial charge in [0.2, 0.25) is 0 Å². The Bertz CT molecular complexity index is 943. The molecule has 3 nitrogen and oxygen atoms in total. The number of halogens is 4. The van der Waals surface area contributed by atoms with Crippen molar-refractivity contribution < 1.29 is 17.6 Å². The molecule has 0 atom stereocenters. The number of hydrogen-bond donors (Lipinski definition) is 0. The van der Waals surface area contributed by atoms with Crippen LogP contribution in [-0.2, 0) is 6.18 Å². The molecule has 0 aliphatic heterocycles. The molecule has 0 bridgehead atoms. The Hall–Kier alpha value is -3.27. The van der Waals surface area contributed by atoms with Gasteiger partial charge in [-0.15, -0.1) is 0 Å². The van der Waals surface area contributed by atoms with Gasteiger partial charge in [-0.25, -0.2) is 9.37 Å². The maximum absolute atomic E-state index is 13.4. The standard InChI is InChI=1S/C18H9F4N3/c19-12-6-4-11(5-7-12)17-13(10-23)14(18(20,21)22)9-16(25-17)15-3-1-2-8-24-15/h1-9H. The van der Waals surface area contributed by atoms with Crippen LogP contribution in [-0.4, -0.2) is 9.97 Å². The summed E-state index contributed by atoms with van der Waals surface area (Å²) in [5.74, 6) is -0.542. The lowest BCUT2D eigenvalue weighted by Crippen LogP contribution is -2.11. The van der Waals surface area contributed by atoms with Crippen LogP contribution in [0, 0.1) is 17.1 Å². The van der Waals surface area contributed by atoms with E-state index in [9.17, 15) is 22.8 Å². The van der Waals surface area contributed by atoms with Gasteiger partial charge in [0.05, 0.1) is 28.2 Å². The molecule has 0 aliphatic carbocycles. The van der Waals surface area contributed by atoms with Gasteiger partial charge >= 0.3 is 6.18 Å². The molecule has 0 N–H and O–H groups in total. The SMILES string of the molecule is N#Cc1c(C(F)(F)F)cc(-c2ccccn2)nc1-c1ccc(F)cc1. The van der Waals surface area contributed by atoms with E-state index in [1.807, 2.05) is 0 Å². The molecule has 0 amide bonds. The Kier molecular flexibility index (Phi) is 4.19. The van der Waals surface area contributed by atoms with Crippen molar-refractivity contribution in [1.29, 1.82) is 5.26 Å². The van der Waals surface area contributed by atoms with Gasteiger partial charge in [0.1, 0.15) is 11.9 Å². The van der Waals surface area contributed by atoms with Gasteiger partial charge in [-0.3, -0.25) is 4.98 Å². The normalized spacial score (nSPS) is 11.2. The number of rotatable bonds is 2. The summed E-state index contributed by atoms with van der Waals surface area (Å²) in [7, 11) is 0. The van der Waals surface area contributed by atoms with E-state index < -0.39 is 23.1 Å². The second-order valence-electron chi connectivity index (χ2n) is 5.11. The molecule has 0 saturated heterocycles. The molecule has 0 radical (unpaired) electrons. The number of alkyl halides is 3. The fraction of sp³-hybridized carbons (Fsp3) is 0.0556. The van der Waals surface area contributed by atoms with Gasteiger partial charge in [0.25, 0.3) is 0 Å². The van der Waals surface area contributed by atoms with Crippen LogP contribution in [0.3, 0.4) is 0 Å². The van der Waals surface area contributed by atoms with Crippen LogP contribution in [0.1, 0.15) is 11.1 Å². The molecule has 0 saturated carbocycles. The van der Waals surface area contributed by atoms with Crippen molar-refractivity contribution in [2.75, 3.05) is 0 Å². The molecule has 124 valence electrons. The number of benzene rings is 1. The molecule has 2 heterocycles. The maximum atomic E-state index is 13.4. The summed E-state index contributed by atoms with van der Waals surface area (Å²) >= 11 is 0. The third kappa shape index (κ3) is 3.33. The predicted octanol–water partition coefficient (Wildman–Crippen LogP) is 4.84. The summed E-state index contributed by atoms with van der Waals surface area (Å²) < 4.78 is 53.4. The summed E-state index contributed by atoms with van der Waals surface area (Å²) in [6, 6.07) is 11.9. The van der Waals surface area contributed by atoms with Crippen LogP contribution >= 0.6 is 0 Å². The quantitative estimate of drug-likeness (QED) is 0.626. The first-order chi connectivity index (χ1) is 11.9. The molecule has 3 rings (SSSR count). The monoisotopic (exact) mass is 343 g/mol. The van der Waals surface area contributed by atoms with Crippen molar-refractivity contribution in [1.82, 2.24) is 9.97 Å². The second-order valence-corrected chi connectivity index (χ2v) is 5.11. The zero-order chi connectivity index (χ0) is 18.0. The topological polar surface area (TPSA) is 49.6 Å². The number of pyridine rings is 2. The highest BCUT2D eigenvalue weighted by atomic mass is 19.4. The average molecular weight is 343 g/mol. The average Bonchev–Trinajstić information content (AvgIpc) is 2.61. The maximum Gasteiger partial charge on any atom is 0.417 e. The van der Waals surface area contributed by atoms with E-state index >= 15 is 0 Å². The van der Waals surface area contributed by atoms with Gasteiger partial charge in [0, 0.05) is 11.8 Å². The number of nitriles is 1. The number of hydrogen-bond acceptors (Lipinski definition) is 3. The van der Waals surface area contributed by atoms with Gasteiger partial charge in [0.15, 0.2) is 0 Å². The molecule has 0 unspecified atom stereocenters. The van der Waals surface area contributed by atoms with E-state index in [1.54, 1.807) is 18.2 Å². The van der Waals surface area contributed by atoms with E-state index in [2.05, 4.69) is 9.97 Å². The predicted molar refractivity (Wildman–Crippen MR) is 82.6 cm³/mol. The van der Waals surface area contributed by atoms with Crippen LogP contribution in [0.5, 0.6) is 0 Å². The molecule has 0 aliphatic rings. The van der Waals surface area contributed by atoms with Crippen LogP contribution in [0.25, 0.3) is 22.6 Å². The molecular weight excluding hydrogens is 334 g/mol. The lowest BCUT2D eigenvalue weighted by atomic mass is 9.99. The van der Waals surface area contributed by atoms with Crippen LogP contribution < -0.4 is 0 Å². The zero-order valence-corrected chi connectivity index (χ0v) is 12.5. The highest BCUT2D eigenvalue weighted by Gasteiger charge is 2.36. The third-order valence-electron chi connectivity index (χ3n) is 3.48. The highest BCUT2D eigenvalue weighted by molar-refractivity contribution is 5.72. The van der Waals surface area contributed by atoms with Crippen molar-refractivity contribution in [2.45, 2.75) is 6.18 Å². The van der Waals surface area contributed by atoms with Gasteiger partial charge in [-0.2, -0.15) is 18.4 Å². The van der Waals surface area contributed by atoms with Crippen molar-refractivity contribution >= 4 is 0 Å². The summed E-state index contributed by atoms with van der Waals surface area (Å²) in [5, 5.41) is 9.26. The van der Waals surface area contributed by atoms with E-state index in [0.29, 0.717) is 0 Å². The Balaban J connectivity index is 2.32. The molecule has 3 aromatic rings. The van der Waals surface area contributed by atoms with Gasteiger partial charge in [-0.05, 0) is 42.5 Å². The van der Waals surface area contributed by atoms with E-state index in [1.165, 1.54) is 24.4 Å². The van der Waals surface area contributed by atoms with Crippen molar-refractivity contribution in [3.8, 4) is 28.7 Å². The number of nitrogens with zero attached hydrogens (tertiary/aromatic N) is 3. The molecule has 2 aromatic heterocycles. The first kappa shape index (κ1) is 16.6. The van der Waals surface area contributed by atoms with Crippen molar-refractivity contribution in [3.63, 3.8) is 0 Å². The fourth-order valence-corrected chi connectivity index (χ4v) is 2.34. The van der Waals surface area contributed by atoms with Crippen LogP contribution in [0.15, 0.2) is 54.7 Å². The Morgan fingerprint density at radius 2 is 1.68 bits per heavy atom. The molecular formula is C18H9F4N3. The zero-order valence-electron chi connectivity index (χ0n) is 12.5. The highest BCUT2D eigenvalue weighted by Crippen LogP contribution is 2.37. The number of aromatic nitrogens is 2. The van der Waals surface area contributed by atoms with E-state index in [4.69, 9.17) is 0 Å². The summed E-state index contributed by atoms with van der Waals surface area (Å²) in [4.78, 5) is 8.18. The molecule has 0 fully saturated rings. The minimum atomic E-state index is -4.74. The second kappa shape index (κ2) is 6.32. The van der Waals surface area contributed by atoms with Crippen LogP contribution in [0.2, 0.25) is 0 Å². The summed E-state index contributed by atoms with van der Waals surface area (Å²) in [5.41, 5.74) is -1.46. The molecule has 0 spiro atoms. The Morgan fingerprint density at radius 3 is 2.24 bits per heavy atom. The minimum absolute atomic E-state index is 0.0220. The molecule has 25 heavy (non-hydrogen) atoms. The van der Waals surface area contributed by atoms with Crippen molar-refractivity contribution in [2.24, 2.45) is 0 Å². The fourth-order valence-electron chi connectivity index (χ4n) is 2.34. The first-order valence-corrected chi connectivity index (χ1v) is 7.10. The molecule has 1 aromatic carbocycles. The van der Waals surface area contributed by atoms with E-state index in [-0.39, 0.29) is 22.6 Å². The van der Waals surface area contributed by atoms with Crippen molar-refractivity contribution in [3.05, 3.63) is 71.7 Å². The third-order valence-corrected chi connectivity index (χ3v) is 3.48. The Morgan fingerprint density at radius 1 is 0.960 bits per heavy atom. The first-order valence-electron chi connectivity index (χ1n) is 7.10.